The number of rotatable bonds is 4. The topological polar surface area (TPSA) is 18.5 Å². The average molecular weight is 327 g/mol. The van der Waals surface area contributed by atoms with Crippen LogP contribution in [-0.2, 0) is 0 Å². The molecule has 1 atom stereocenters. The van der Waals surface area contributed by atoms with Crippen molar-refractivity contribution >= 4 is 15.9 Å². The lowest BCUT2D eigenvalue weighted by Gasteiger charge is -2.38. The van der Waals surface area contributed by atoms with Crippen molar-refractivity contribution < 1.29 is 9.47 Å². The zero-order valence-corrected chi connectivity index (χ0v) is 13.6. The summed E-state index contributed by atoms with van der Waals surface area (Å²) in [4.78, 5) is 0.311. The molecule has 0 heterocycles. The number of ether oxygens (including phenoxy) is 2. The van der Waals surface area contributed by atoms with E-state index >= 15 is 0 Å². The van der Waals surface area contributed by atoms with Crippen LogP contribution >= 0.6 is 15.9 Å². The molecule has 0 N–H and O–H groups in total. The van der Waals surface area contributed by atoms with Gasteiger partial charge in [-0.15, -0.1) is 0 Å². The summed E-state index contributed by atoms with van der Waals surface area (Å²) in [6.07, 6.45) is 6.55. The monoisotopic (exact) mass is 326 g/mol. The van der Waals surface area contributed by atoms with Crippen molar-refractivity contribution in [2.75, 3.05) is 14.2 Å². The molecule has 106 valence electrons. The van der Waals surface area contributed by atoms with Crippen molar-refractivity contribution in [3.8, 4) is 11.5 Å². The Morgan fingerprint density at radius 1 is 1.11 bits per heavy atom. The van der Waals surface area contributed by atoms with Gasteiger partial charge in [0.1, 0.15) is 11.5 Å². The van der Waals surface area contributed by atoms with Gasteiger partial charge in [0, 0.05) is 10.4 Å². The van der Waals surface area contributed by atoms with Crippen molar-refractivity contribution in [1.29, 1.82) is 0 Å². The van der Waals surface area contributed by atoms with Crippen LogP contribution < -0.4 is 9.47 Å². The van der Waals surface area contributed by atoms with Gasteiger partial charge in [-0.3, -0.25) is 0 Å². The Hall–Kier alpha value is -0.700. The predicted octanol–water partition coefficient (Wildman–Crippen LogP) is 5.11. The normalized spacial score (nSPS) is 19.8. The Kier molecular flexibility index (Phi) is 4.77. The fourth-order valence-corrected chi connectivity index (χ4v) is 3.84. The molecule has 0 aromatic heterocycles. The molecule has 0 aliphatic heterocycles. The minimum Gasteiger partial charge on any atom is -0.497 e. The van der Waals surface area contributed by atoms with Gasteiger partial charge < -0.3 is 9.47 Å². The molecule has 0 amide bonds. The first-order valence-corrected chi connectivity index (χ1v) is 7.88. The van der Waals surface area contributed by atoms with Crippen LogP contribution in [-0.4, -0.2) is 14.2 Å². The highest BCUT2D eigenvalue weighted by atomic mass is 79.9. The molecule has 1 unspecified atom stereocenters. The minimum absolute atomic E-state index is 0.303. The molecular weight excluding hydrogens is 304 g/mol. The fourth-order valence-electron chi connectivity index (χ4n) is 3.03. The number of halogens is 1. The summed E-state index contributed by atoms with van der Waals surface area (Å²) >= 11 is 3.92. The maximum Gasteiger partial charge on any atom is 0.123 e. The first-order valence-electron chi connectivity index (χ1n) is 6.97. The van der Waals surface area contributed by atoms with Crippen LogP contribution in [0.2, 0.25) is 0 Å². The number of benzene rings is 1. The highest BCUT2D eigenvalue weighted by molar-refractivity contribution is 9.09. The van der Waals surface area contributed by atoms with E-state index in [-0.39, 0.29) is 0 Å². The highest BCUT2D eigenvalue weighted by Crippen LogP contribution is 2.52. The van der Waals surface area contributed by atoms with Gasteiger partial charge in [-0.2, -0.15) is 0 Å². The summed E-state index contributed by atoms with van der Waals surface area (Å²) in [5, 5.41) is 0. The van der Waals surface area contributed by atoms with Gasteiger partial charge in [-0.25, -0.2) is 0 Å². The van der Waals surface area contributed by atoms with Crippen LogP contribution in [0.15, 0.2) is 18.2 Å². The smallest absolute Gasteiger partial charge is 0.123 e. The molecule has 19 heavy (non-hydrogen) atoms. The molecule has 1 aliphatic carbocycles. The molecule has 1 aliphatic rings. The summed E-state index contributed by atoms with van der Waals surface area (Å²) in [5.41, 5.74) is 1.50. The lowest BCUT2D eigenvalue weighted by atomic mass is 9.72. The lowest BCUT2D eigenvalue weighted by molar-refractivity contribution is 0.210. The SMILES string of the molecule is COc1ccc(OC)c(C(Br)C2(C)CCCCC2)c1. The van der Waals surface area contributed by atoms with E-state index in [9.17, 15) is 0 Å². The molecule has 0 spiro atoms. The second-order valence-electron chi connectivity index (χ2n) is 5.69. The van der Waals surface area contributed by atoms with E-state index in [1.54, 1.807) is 14.2 Å². The van der Waals surface area contributed by atoms with Crippen molar-refractivity contribution in [2.45, 2.75) is 43.9 Å². The number of hydrogen-bond donors (Lipinski definition) is 0. The number of alkyl halides is 1. The standard InChI is InChI=1S/C16H23BrO2/c1-16(9-5-4-6-10-16)15(17)13-11-12(18-2)7-8-14(13)19-3/h7-8,11,15H,4-6,9-10H2,1-3H3. The molecule has 0 radical (unpaired) electrons. The third-order valence-electron chi connectivity index (χ3n) is 4.32. The van der Waals surface area contributed by atoms with E-state index in [1.165, 1.54) is 37.7 Å². The summed E-state index contributed by atoms with van der Waals surface area (Å²) in [5.74, 6) is 1.83. The van der Waals surface area contributed by atoms with Gasteiger partial charge in [0.2, 0.25) is 0 Å². The minimum atomic E-state index is 0.303. The van der Waals surface area contributed by atoms with Crippen LogP contribution in [0.4, 0.5) is 0 Å². The van der Waals surface area contributed by atoms with Crippen LogP contribution in [0.25, 0.3) is 0 Å². The Labute approximate surface area is 124 Å². The molecule has 1 aromatic rings. The second-order valence-corrected chi connectivity index (χ2v) is 6.60. The number of hydrogen-bond acceptors (Lipinski definition) is 2. The van der Waals surface area contributed by atoms with Gasteiger partial charge >= 0.3 is 0 Å². The molecule has 0 bridgehead atoms. The highest BCUT2D eigenvalue weighted by Gasteiger charge is 2.36. The van der Waals surface area contributed by atoms with Gasteiger partial charge in [0.15, 0.2) is 0 Å². The van der Waals surface area contributed by atoms with Crippen molar-refractivity contribution in [1.82, 2.24) is 0 Å². The van der Waals surface area contributed by atoms with Crippen molar-refractivity contribution in [3.05, 3.63) is 23.8 Å². The van der Waals surface area contributed by atoms with E-state index in [1.807, 2.05) is 12.1 Å². The molecule has 1 saturated carbocycles. The molecule has 2 rings (SSSR count). The number of methoxy groups -OCH3 is 2. The first-order chi connectivity index (χ1) is 9.10. The predicted molar refractivity (Wildman–Crippen MR) is 82.4 cm³/mol. The molecule has 1 fully saturated rings. The zero-order valence-electron chi connectivity index (χ0n) is 12.0. The summed E-state index contributed by atoms with van der Waals surface area (Å²) < 4.78 is 10.9. The van der Waals surface area contributed by atoms with Gasteiger partial charge in [0.25, 0.3) is 0 Å². The molecular formula is C16H23BrO2. The third-order valence-corrected chi connectivity index (χ3v) is 5.92. The Morgan fingerprint density at radius 2 is 1.79 bits per heavy atom. The Balaban J connectivity index is 2.33. The quantitative estimate of drug-likeness (QED) is 0.716. The van der Waals surface area contributed by atoms with E-state index in [2.05, 4.69) is 28.9 Å². The Morgan fingerprint density at radius 3 is 2.37 bits per heavy atom. The van der Waals surface area contributed by atoms with E-state index < -0.39 is 0 Å². The Bertz CT molecular complexity index is 425. The molecule has 0 saturated heterocycles. The van der Waals surface area contributed by atoms with Gasteiger partial charge in [0.05, 0.1) is 14.2 Å². The van der Waals surface area contributed by atoms with E-state index in [4.69, 9.17) is 9.47 Å². The van der Waals surface area contributed by atoms with Crippen LogP contribution in [0.1, 0.15) is 49.4 Å². The van der Waals surface area contributed by atoms with E-state index in [0.717, 1.165) is 11.5 Å². The summed E-state index contributed by atoms with van der Waals surface area (Å²) in [6, 6.07) is 6.04. The maximum atomic E-state index is 5.52. The zero-order chi connectivity index (χ0) is 13.9. The van der Waals surface area contributed by atoms with Crippen molar-refractivity contribution in [2.24, 2.45) is 5.41 Å². The first kappa shape index (κ1) is 14.7. The van der Waals surface area contributed by atoms with Crippen LogP contribution in [0.5, 0.6) is 11.5 Å². The second kappa shape index (κ2) is 6.17. The summed E-state index contributed by atoms with van der Waals surface area (Å²) in [7, 11) is 3.44. The lowest BCUT2D eigenvalue weighted by Crippen LogP contribution is -2.25. The fraction of sp³-hybridized carbons (Fsp3) is 0.625. The molecule has 3 heteroatoms. The molecule has 2 nitrogen and oxygen atoms in total. The van der Waals surface area contributed by atoms with Crippen LogP contribution in [0, 0.1) is 5.41 Å². The average Bonchev–Trinajstić information content (AvgIpc) is 2.46. The van der Waals surface area contributed by atoms with Crippen molar-refractivity contribution in [3.63, 3.8) is 0 Å². The largest absolute Gasteiger partial charge is 0.497 e. The van der Waals surface area contributed by atoms with E-state index in [0.29, 0.717) is 10.2 Å². The summed E-state index contributed by atoms with van der Waals surface area (Å²) in [6.45, 7) is 2.38. The van der Waals surface area contributed by atoms with Gasteiger partial charge in [-0.1, -0.05) is 42.1 Å². The van der Waals surface area contributed by atoms with Crippen LogP contribution in [0.3, 0.4) is 0 Å². The van der Waals surface area contributed by atoms with Gasteiger partial charge in [-0.05, 0) is 36.5 Å². The maximum absolute atomic E-state index is 5.52. The molecule has 1 aromatic carbocycles. The third kappa shape index (κ3) is 3.07.